The van der Waals surface area contributed by atoms with Gasteiger partial charge in [-0.05, 0) is 30.6 Å². The van der Waals surface area contributed by atoms with E-state index in [1.54, 1.807) is 0 Å². The van der Waals surface area contributed by atoms with Gasteiger partial charge in [-0.2, -0.15) is 0 Å². The molecule has 1 fully saturated rings. The maximum absolute atomic E-state index is 10.3. The van der Waals surface area contributed by atoms with E-state index in [1.807, 2.05) is 6.42 Å². The van der Waals surface area contributed by atoms with Gasteiger partial charge in [0.15, 0.2) is 0 Å². The van der Waals surface area contributed by atoms with E-state index in [-0.39, 0.29) is 6.10 Å². The van der Waals surface area contributed by atoms with Gasteiger partial charge in [0, 0.05) is 6.42 Å². The van der Waals surface area contributed by atoms with Gasteiger partial charge in [-0.3, -0.25) is 0 Å². The Labute approximate surface area is 85.5 Å². The number of hydrogen-bond donors (Lipinski definition) is 1. The Hall–Kier alpha value is -0.730. The maximum Gasteiger partial charge on any atom is 0.506 e. The number of rotatable bonds is 1. The van der Waals surface area contributed by atoms with E-state index in [1.165, 1.54) is 0 Å². The lowest BCUT2D eigenvalue weighted by Gasteiger charge is -2.36. The van der Waals surface area contributed by atoms with Crippen LogP contribution in [0.5, 0.6) is 0 Å². The summed E-state index contributed by atoms with van der Waals surface area (Å²) in [5, 5.41) is 8.45. The van der Waals surface area contributed by atoms with E-state index in [9.17, 15) is 4.79 Å². The van der Waals surface area contributed by atoms with Crippen LogP contribution in [0.3, 0.4) is 0 Å². The molecule has 3 heteroatoms. The largest absolute Gasteiger partial charge is 0.506 e. The van der Waals surface area contributed by atoms with Gasteiger partial charge in [0.2, 0.25) is 0 Å². The second-order valence-electron chi connectivity index (χ2n) is 5.03. The first-order chi connectivity index (χ1) is 6.39. The standard InChI is InChI=1S/C11H19O3/c1-11(2,3)8-4-6-9(7-5-8)14-10(12)13/h6,8-9H,4-5,7H2,1-3H3,(H,12,13). The molecule has 1 rings (SSSR count). The fourth-order valence-corrected chi connectivity index (χ4v) is 1.94. The minimum Gasteiger partial charge on any atom is -0.450 e. The highest BCUT2D eigenvalue weighted by Gasteiger charge is 2.31. The van der Waals surface area contributed by atoms with Crippen LogP contribution in [-0.2, 0) is 4.74 Å². The Kier molecular flexibility index (Phi) is 3.40. The fourth-order valence-electron chi connectivity index (χ4n) is 1.94. The fraction of sp³-hybridized carbons (Fsp3) is 0.818. The van der Waals surface area contributed by atoms with E-state index in [2.05, 4.69) is 20.8 Å². The lowest BCUT2D eigenvalue weighted by atomic mass is 9.72. The Morgan fingerprint density at radius 3 is 2.43 bits per heavy atom. The molecule has 0 heterocycles. The highest BCUT2D eigenvalue weighted by atomic mass is 16.7. The third-order valence-corrected chi connectivity index (χ3v) is 2.96. The van der Waals surface area contributed by atoms with E-state index in [0.717, 1.165) is 19.3 Å². The molecule has 1 radical (unpaired) electrons. The quantitative estimate of drug-likeness (QED) is 0.660. The van der Waals surface area contributed by atoms with Crippen LogP contribution in [0.2, 0.25) is 0 Å². The molecule has 14 heavy (non-hydrogen) atoms. The highest BCUT2D eigenvalue weighted by molar-refractivity contribution is 5.57. The van der Waals surface area contributed by atoms with Gasteiger partial charge < -0.3 is 9.84 Å². The van der Waals surface area contributed by atoms with Crippen LogP contribution < -0.4 is 0 Å². The van der Waals surface area contributed by atoms with Crippen molar-refractivity contribution < 1.29 is 14.6 Å². The smallest absolute Gasteiger partial charge is 0.450 e. The molecule has 1 saturated carbocycles. The summed E-state index contributed by atoms with van der Waals surface area (Å²) >= 11 is 0. The summed E-state index contributed by atoms with van der Waals surface area (Å²) in [6.45, 7) is 6.68. The minimum absolute atomic E-state index is 0.189. The van der Waals surface area contributed by atoms with Crippen molar-refractivity contribution in [2.75, 3.05) is 0 Å². The second-order valence-corrected chi connectivity index (χ2v) is 5.03. The average Bonchev–Trinajstić information content (AvgIpc) is 2.02. The number of hydrogen-bond acceptors (Lipinski definition) is 2. The summed E-state index contributed by atoms with van der Waals surface area (Å²) in [5.74, 6) is 0.649. The van der Waals surface area contributed by atoms with E-state index in [4.69, 9.17) is 9.84 Å². The van der Waals surface area contributed by atoms with Crippen LogP contribution in [0.25, 0.3) is 0 Å². The molecule has 0 aliphatic heterocycles. The Balaban J connectivity index is 2.35. The number of ether oxygens (including phenoxy) is 1. The Morgan fingerprint density at radius 2 is 2.07 bits per heavy atom. The van der Waals surface area contributed by atoms with Crippen molar-refractivity contribution in [2.24, 2.45) is 11.3 Å². The summed E-state index contributed by atoms with van der Waals surface area (Å²) in [7, 11) is 0. The van der Waals surface area contributed by atoms with E-state index in [0.29, 0.717) is 11.3 Å². The molecule has 0 bridgehead atoms. The van der Waals surface area contributed by atoms with Crippen molar-refractivity contribution in [3.63, 3.8) is 0 Å². The molecule has 3 nitrogen and oxygen atoms in total. The lowest BCUT2D eigenvalue weighted by molar-refractivity contribution is 0.0404. The van der Waals surface area contributed by atoms with Gasteiger partial charge in [-0.1, -0.05) is 20.8 Å². The van der Waals surface area contributed by atoms with Crippen LogP contribution in [0.15, 0.2) is 0 Å². The maximum atomic E-state index is 10.3. The van der Waals surface area contributed by atoms with Crippen molar-refractivity contribution in [3.05, 3.63) is 6.42 Å². The minimum atomic E-state index is -1.17. The van der Waals surface area contributed by atoms with Crippen molar-refractivity contribution in [1.29, 1.82) is 0 Å². The van der Waals surface area contributed by atoms with Crippen LogP contribution >= 0.6 is 0 Å². The third kappa shape index (κ3) is 3.20. The summed E-state index contributed by atoms with van der Waals surface area (Å²) in [4.78, 5) is 10.3. The van der Waals surface area contributed by atoms with E-state index < -0.39 is 6.16 Å². The van der Waals surface area contributed by atoms with Gasteiger partial charge >= 0.3 is 6.16 Å². The first-order valence-corrected chi connectivity index (χ1v) is 5.12. The van der Waals surface area contributed by atoms with Crippen LogP contribution in [0, 0.1) is 17.8 Å². The molecule has 81 valence electrons. The molecule has 1 aliphatic rings. The summed E-state index contributed by atoms with van der Waals surface area (Å²) in [5.41, 5.74) is 0.310. The zero-order valence-electron chi connectivity index (χ0n) is 9.12. The van der Waals surface area contributed by atoms with Crippen molar-refractivity contribution >= 4 is 6.16 Å². The molecule has 0 aromatic rings. The second kappa shape index (κ2) is 4.20. The van der Waals surface area contributed by atoms with Crippen LogP contribution in [-0.4, -0.2) is 17.4 Å². The van der Waals surface area contributed by atoms with Crippen LogP contribution in [0.4, 0.5) is 4.79 Å². The SMILES string of the molecule is CC(C)(C)C1C[CH]C(OC(=O)O)CC1. The van der Waals surface area contributed by atoms with Gasteiger partial charge in [0.1, 0.15) is 6.10 Å². The molecule has 0 aromatic carbocycles. The van der Waals surface area contributed by atoms with Crippen molar-refractivity contribution in [1.82, 2.24) is 0 Å². The molecule has 1 aliphatic carbocycles. The first kappa shape index (κ1) is 11.3. The van der Waals surface area contributed by atoms with Crippen molar-refractivity contribution in [2.45, 2.75) is 46.1 Å². The molecule has 0 aromatic heterocycles. The third-order valence-electron chi connectivity index (χ3n) is 2.96. The zero-order chi connectivity index (χ0) is 10.8. The number of carbonyl (C=O) groups is 1. The van der Waals surface area contributed by atoms with Gasteiger partial charge in [0.05, 0.1) is 0 Å². The highest BCUT2D eigenvalue weighted by Crippen LogP contribution is 2.37. The molecule has 2 unspecified atom stereocenters. The molecule has 2 atom stereocenters. The molecular formula is C11H19O3. The molecular weight excluding hydrogens is 180 g/mol. The normalized spacial score (nSPS) is 28.5. The van der Waals surface area contributed by atoms with E-state index >= 15 is 0 Å². The van der Waals surface area contributed by atoms with Gasteiger partial charge in [-0.25, -0.2) is 4.79 Å². The number of carboxylic acid groups (broad SMARTS) is 1. The zero-order valence-corrected chi connectivity index (χ0v) is 9.12. The predicted molar refractivity (Wildman–Crippen MR) is 54.0 cm³/mol. The predicted octanol–water partition coefficient (Wildman–Crippen LogP) is 3.10. The molecule has 0 saturated heterocycles. The Morgan fingerprint density at radius 1 is 1.43 bits per heavy atom. The molecule has 1 N–H and O–H groups in total. The molecule has 0 amide bonds. The summed E-state index contributed by atoms with van der Waals surface area (Å²) in [6, 6.07) is 0. The average molecular weight is 199 g/mol. The van der Waals surface area contributed by atoms with Gasteiger partial charge in [-0.15, -0.1) is 0 Å². The van der Waals surface area contributed by atoms with Crippen molar-refractivity contribution in [3.8, 4) is 0 Å². The summed E-state index contributed by atoms with van der Waals surface area (Å²) < 4.78 is 4.71. The lowest BCUT2D eigenvalue weighted by Crippen LogP contribution is -2.30. The topological polar surface area (TPSA) is 46.5 Å². The molecule has 0 spiro atoms. The van der Waals surface area contributed by atoms with Gasteiger partial charge in [0.25, 0.3) is 0 Å². The summed E-state index contributed by atoms with van der Waals surface area (Å²) in [6.07, 6.45) is 3.48. The van der Waals surface area contributed by atoms with Crippen LogP contribution in [0.1, 0.15) is 40.0 Å². The first-order valence-electron chi connectivity index (χ1n) is 5.12. The monoisotopic (exact) mass is 199 g/mol. The Bertz CT molecular complexity index is 197.